The maximum atomic E-state index is 12.8. The Morgan fingerprint density at radius 2 is 1.60 bits per heavy atom. The fourth-order valence-electron chi connectivity index (χ4n) is 3.64. The lowest BCUT2D eigenvalue weighted by Crippen LogP contribution is -2.52. The van der Waals surface area contributed by atoms with E-state index in [1.807, 2.05) is 62.1 Å². The molecule has 0 spiro atoms. The number of aryl methyl sites for hydroxylation is 2. The van der Waals surface area contributed by atoms with E-state index in [0.717, 1.165) is 35.7 Å². The summed E-state index contributed by atoms with van der Waals surface area (Å²) in [6.07, 6.45) is 0. The van der Waals surface area contributed by atoms with Crippen LogP contribution in [0.15, 0.2) is 48.5 Å². The number of thioether (sulfide) groups is 1. The van der Waals surface area contributed by atoms with Gasteiger partial charge in [0.15, 0.2) is 0 Å². The van der Waals surface area contributed by atoms with Crippen molar-refractivity contribution in [2.45, 2.75) is 31.8 Å². The Kier molecular flexibility index (Phi) is 7.94. The molecule has 2 amide bonds. The molecule has 1 fully saturated rings. The Morgan fingerprint density at radius 1 is 0.967 bits per heavy atom. The van der Waals surface area contributed by atoms with Crippen LogP contribution in [0.2, 0.25) is 0 Å². The van der Waals surface area contributed by atoms with Crippen LogP contribution in [0.1, 0.15) is 23.6 Å². The Balaban J connectivity index is 1.42. The Labute approximate surface area is 183 Å². The van der Waals surface area contributed by atoms with Crippen molar-refractivity contribution in [1.82, 2.24) is 9.80 Å². The van der Waals surface area contributed by atoms with Crippen LogP contribution in [-0.2, 0) is 15.3 Å². The van der Waals surface area contributed by atoms with Crippen LogP contribution < -0.4 is 5.32 Å². The number of rotatable bonds is 7. The van der Waals surface area contributed by atoms with Crippen molar-refractivity contribution in [1.29, 1.82) is 0 Å². The first-order chi connectivity index (χ1) is 14.4. The van der Waals surface area contributed by atoms with Gasteiger partial charge < -0.3 is 10.2 Å². The molecule has 2 aromatic carbocycles. The maximum absolute atomic E-state index is 12.8. The van der Waals surface area contributed by atoms with E-state index in [4.69, 9.17) is 0 Å². The number of benzene rings is 2. The minimum atomic E-state index is -0.0657. The number of anilines is 1. The van der Waals surface area contributed by atoms with E-state index < -0.39 is 0 Å². The Hall–Kier alpha value is -2.31. The second-order valence-corrected chi connectivity index (χ2v) is 9.18. The number of carbonyl (C=O) groups excluding carboxylic acids is 2. The predicted octanol–water partition coefficient (Wildman–Crippen LogP) is 3.71. The van der Waals surface area contributed by atoms with Crippen molar-refractivity contribution in [2.75, 3.05) is 38.0 Å². The third-order valence-corrected chi connectivity index (χ3v) is 6.69. The molecule has 1 atom stereocenters. The summed E-state index contributed by atoms with van der Waals surface area (Å²) in [6, 6.07) is 16.2. The van der Waals surface area contributed by atoms with Gasteiger partial charge in [0.25, 0.3) is 0 Å². The van der Waals surface area contributed by atoms with E-state index in [1.165, 1.54) is 5.56 Å². The molecule has 3 rings (SSSR count). The molecular formula is C24H31N3O2S. The molecule has 5 nitrogen and oxygen atoms in total. The molecule has 1 N–H and O–H groups in total. The van der Waals surface area contributed by atoms with Gasteiger partial charge in [-0.2, -0.15) is 0 Å². The summed E-state index contributed by atoms with van der Waals surface area (Å²) in [4.78, 5) is 29.3. The van der Waals surface area contributed by atoms with Crippen molar-refractivity contribution in [3.63, 3.8) is 0 Å². The number of nitrogens with zero attached hydrogens (tertiary/aromatic N) is 2. The summed E-state index contributed by atoms with van der Waals surface area (Å²) in [6.45, 7) is 9.14. The lowest BCUT2D eigenvalue weighted by Gasteiger charge is -2.35. The van der Waals surface area contributed by atoms with E-state index in [9.17, 15) is 9.59 Å². The number of hydrogen-bond donors (Lipinski definition) is 1. The molecule has 0 unspecified atom stereocenters. The van der Waals surface area contributed by atoms with E-state index >= 15 is 0 Å². The highest BCUT2D eigenvalue weighted by Gasteiger charge is 2.26. The van der Waals surface area contributed by atoms with Crippen LogP contribution in [0.25, 0.3) is 0 Å². The third kappa shape index (κ3) is 6.09. The number of hydrogen-bond acceptors (Lipinski definition) is 4. The third-order valence-electron chi connectivity index (χ3n) is 5.49. The van der Waals surface area contributed by atoms with Gasteiger partial charge in [-0.25, -0.2) is 0 Å². The number of para-hydroxylation sites is 1. The zero-order chi connectivity index (χ0) is 21.5. The highest BCUT2D eigenvalue weighted by Crippen LogP contribution is 2.21. The average Bonchev–Trinajstić information content (AvgIpc) is 2.75. The summed E-state index contributed by atoms with van der Waals surface area (Å²) in [5.41, 5.74) is 4.28. The normalized spacial score (nSPS) is 15.6. The van der Waals surface area contributed by atoms with Crippen LogP contribution in [0.5, 0.6) is 0 Å². The Bertz CT molecular complexity index is 844. The van der Waals surface area contributed by atoms with Gasteiger partial charge in [0, 0.05) is 37.6 Å². The molecule has 0 saturated carbocycles. The van der Waals surface area contributed by atoms with E-state index in [0.29, 0.717) is 19.6 Å². The summed E-state index contributed by atoms with van der Waals surface area (Å²) >= 11 is 1.68. The van der Waals surface area contributed by atoms with Gasteiger partial charge in [0.2, 0.25) is 11.8 Å². The number of piperazine rings is 1. The summed E-state index contributed by atoms with van der Waals surface area (Å²) in [5, 5.41) is 2.98. The number of carbonyl (C=O) groups is 2. The van der Waals surface area contributed by atoms with Gasteiger partial charge in [-0.3, -0.25) is 14.5 Å². The molecule has 1 saturated heterocycles. The maximum Gasteiger partial charge on any atom is 0.238 e. The largest absolute Gasteiger partial charge is 0.339 e. The van der Waals surface area contributed by atoms with Gasteiger partial charge in [0.05, 0.1) is 11.8 Å². The molecule has 2 aromatic rings. The highest BCUT2D eigenvalue weighted by molar-refractivity contribution is 7.99. The quantitative estimate of drug-likeness (QED) is 0.735. The van der Waals surface area contributed by atoms with Gasteiger partial charge in [0.1, 0.15) is 0 Å². The molecule has 0 bridgehead atoms. The van der Waals surface area contributed by atoms with Gasteiger partial charge in [-0.15, -0.1) is 11.8 Å². The standard InChI is InChI=1S/C24H31N3O2S/c1-18-8-7-9-19(2)23(18)25-22(28)16-26-12-14-27(15-13-26)24(29)20(3)30-17-21-10-5-4-6-11-21/h4-11,20H,12-17H2,1-3H3,(H,25,28)/t20-/m0/s1. The van der Waals surface area contributed by atoms with E-state index in [1.54, 1.807) is 11.8 Å². The lowest BCUT2D eigenvalue weighted by atomic mass is 10.1. The van der Waals surface area contributed by atoms with Crippen LogP contribution in [0, 0.1) is 13.8 Å². The predicted molar refractivity (Wildman–Crippen MR) is 125 cm³/mol. The van der Waals surface area contributed by atoms with E-state index in [-0.39, 0.29) is 17.1 Å². The minimum absolute atomic E-state index is 0.000962. The lowest BCUT2D eigenvalue weighted by molar-refractivity contribution is -0.132. The van der Waals surface area contributed by atoms with E-state index in [2.05, 4.69) is 22.3 Å². The fraction of sp³-hybridized carbons (Fsp3) is 0.417. The van der Waals surface area contributed by atoms with Gasteiger partial charge in [-0.1, -0.05) is 48.5 Å². The van der Waals surface area contributed by atoms with Crippen molar-refractivity contribution in [3.05, 3.63) is 65.2 Å². The second kappa shape index (κ2) is 10.6. The zero-order valence-corrected chi connectivity index (χ0v) is 18.9. The molecule has 1 heterocycles. The summed E-state index contributed by atoms with van der Waals surface area (Å²) < 4.78 is 0. The Morgan fingerprint density at radius 3 is 2.23 bits per heavy atom. The van der Waals surface area contributed by atoms with Crippen LogP contribution >= 0.6 is 11.8 Å². The van der Waals surface area contributed by atoms with Crippen LogP contribution in [0.4, 0.5) is 5.69 Å². The molecule has 6 heteroatoms. The summed E-state index contributed by atoms with van der Waals surface area (Å²) in [7, 11) is 0. The summed E-state index contributed by atoms with van der Waals surface area (Å²) in [5.74, 6) is 1.03. The van der Waals surface area contributed by atoms with Crippen molar-refractivity contribution < 1.29 is 9.59 Å². The number of amides is 2. The topological polar surface area (TPSA) is 52.7 Å². The van der Waals surface area contributed by atoms with Gasteiger partial charge in [-0.05, 0) is 37.5 Å². The molecule has 0 radical (unpaired) electrons. The zero-order valence-electron chi connectivity index (χ0n) is 18.1. The van der Waals surface area contributed by atoms with Gasteiger partial charge >= 0.3 is 0 Å². The van der Waals surface area contributed by atoms with Crippen LogP contribution in [0.3, 0.4) is 0 Å². The monoisotopic (exact) mass is 425 g/mol. The smallest absolute Gasteiger partial charge is 0.238 e. The SMILES string of the molecule is Cc1cccc(C)c1NC(=O)CN1CCN(C(=O)[C@H](C)SCc2ccccc2)CC1. The molecule has 1 aliphatic rings. The first-order valence-electron chi connectivity index (χ1n) is 10.5. The molecule has 160 valence electrons. The molecular weight excluding hydrogens is 394 g/mol. The average molecular weight is 426 g/mol. The minimum Gasteiger partial charge on any atom is -0.339 e. The van der Waals surface area contributed by atoms with Crippen molar-refractivity contribution in [3.8, 4) is 0 Å². The van der Waals surface area contributed by atoms with Crippen molar-refractivity contribution >= 4 is 29.3 Å². The first-order valence-corrected chi connectivity index (χ1v) is 11.5. The second-order valence-electron chi connectivity index (χ2n) is 7.86. The molecule has 30 heavy (non-hydrogen) atoms. The first kappa shape index (κ1) is 22.4. The molecule has 0 aliphatic carbocycles. The van der Waals surface area contributed by atoms with Crippen LogP contribution in [-0.4, -0.2) is 59.6 Å². The molecule has 0 aromatic heterocycles. The fourth-order valence-corrected chi connectivity index (χ4v) is 4.57. The highest BCUT2D eigenvalue weighted by atomic mass is 32.2. The number of nitrogens with one attached hydrogen (secondary N) is 1. The van der Waals surface area contributed by atoms with Crippen molar-refractivity contribution in [2.24, 2.45) is 0 Å². The molecule has 1 aliphatic heterocycles.